The van der Waals surface area contributed by atoms with Gasteiger partial charge in [-0.2, -0.15) is 5.10 Å². The van der Waals surface area contributed by atoms with Crippen molar-refractivity contribution in [2.45, 2.75) is 12.7 Å². The van der Waals surface area contributed by atoms with Crippen molar-refractivity contribution in [1.29, 1.82) is 0 Å². The topological polar surface area (TPSA) is 69.2 Å². The van der Waals surface area contributed by atoms with Gasteiger partial charge in [-0.1, -0.05) is 54.1 Å². The molecule has 0 bridgehead atoms. The minimum absolute atomic E-state index is 0.115. The molecule has 0 saturated heterocycles. The average molecular weight is 473 g/mol. The molecule has 1 aliphatic rings. The van der Waals surface area contributed by atoms with Crippen molar-refractivity contribution in [2.24, 2.45) is 5.10 Å². The maximum Gasteiger partial charge on any atom is 0.284 e. The van der Waals surface area contributed by atoms with E-state index < -0.39 is 6.10 Å². The molecule has 1 amide bonds. The first kappa shape index (κ1) is 21.8. The first-order valence-electron chi connectivity index (χ1n) is 10.8. The Morgan fingerprint density at radius 1 is 1.00 bits per heavy atom. The lowest BCUT2D eigenvalue weighted by atomic mass is 10.1. The first-order valence-corrected chi connectivity index (χ1v) is 11.1. The van der Waals surface area contributed by atoms with Crippen molar-refractivity contribution in [3.05, 3.63) is 101 Å². The van der Waals surface area contributed by atoms with Crippen molar-refractivity contribution in [2.75, 3.05) is 6.61 Å². The molecule has 170 valence electrons. The maximum absolute atomic E-state index is 12.5. The van der Waals surface area contributed by atoms with Crippen LogP contribution in [0.3, 0.4) is 0 Å². The summed E-state index contributed by atoms with van der Waals surface area (Å²) in [6.45, 7) is 0.496. The summed E-state index contributed by atoms with van der Waals surface area (Å²) in [7, 11) is 0. The van der Waals surface area contributed by atoms with Gasteiger partial charge in [0, 0.05) is 10.6 Å². The van der Waals surface area contributed by atoms with E-state index in [2.05, 4.69) is 10.5 Å². The van der Waals surface area contributed by atoms with Gasteiger partial charge in [0.1, 0.15) is 19.0 Å². The number of carbonyl (C=O) groups excluding carboxylic acids is 1. The molecule has 1 N–H and O–H groups in total. The van der Waals surface area contributed by atoms with E-state index in [-0.39, 0.29) is 12.5 Å². The van der Waals surface area contributed by atoms with Gasteiger partial charge < -0.3 is 14.2 Å². The van der Waals surface area contributed by atoms with Crippen molar-refractivity contribution in [3.8, 4) is 17.2 Å². The van der Waals surface area contributed by atoms with Crippen LogP contribution in [0.15, 0.2) is 90.0 Å². The highest BCUT2D eigenvalue weighted by molar-refractivity contribution is 6.31. The molecule has 5 rings (SSSR count). The Morgan fingerprint density at radius 3 is 2.47 bits per heavy atom. The highest BCUT2D eigenvalue weighted by atomic mass is 35.5. The van der Waals surface area contributed by atoms with E-state index in [1.54, 1.807) is 6.21 Å². The van der Waals surface area contributed by atoms with Gasteiger partial charge in [-0.3, -0.25) is 4.79 Å². The van der Waals surface area contributed by atoms with Crippen molar-refractivity contribution in [1.82, 2.24) is 5.43 Å². The van der Waals surface area contributed by atoms with Gasteiger partial charge in [0.05, 0.1) is 6.21 Å². The lowest BCUT2D eigenvalue weighted by Gasteiger charge is -2.25. The summed E-state index contributed by atoms with van der Waals surface area (Å²) in [6, 6.07) is 26.6. The van der Waals surface area contributed by atoms with Gasteiger partial charge in [-0.15, -0.1) is 0 Å². The molecule has 6 nitrogen and oxygen atoms in total. The van der Waals surface area contributed by atoms with Gasteiger partial charge in [0.15, 0.2) is 11.5 Å². The number of hydrogen-bond acceptors (Lipinski definition) is 5. The Labute approximate surface area is 201 Å². The normalized spacial score (nSPS) is 14.8. The van der Waals surface area contributed by atoms with Gasteiger partial charge in [0.25, 0.3) is 5.91 Å². The van der Waals surface area contributed by atoms with Crippen molar-refractivity contribution >= 4 is 34.5 Å². The molecule has 1 heterocycles. The Morgan fingerprint density at radius 2 is 1.71 bits per heavy atom. The van der Waals surface area contributed by atoms with E-state index >= 15 is 0 Å². The van der Waals surface area contributed by atoms with Crippen LogP contribution in [0.5, 0.6) is 17.2 Å². The second-order valence-corrected chi connectivity index (χ2v) is 8.15. The molecule has 4 aromatic carbocycles. The van der Waals surface area contributed by atoms with Crippen LogP contribution < -0.4 is 19.6 Å². The Hall–Kier alpha value is -4.03. The van der Waals surface area contributed by atoms with Crippen LogP contribution in [-0.2, 0) is 11.4 Å². The van der Waals surface area contributed by atoms with Gasteiger partial charge >= 0.3 is 0 Å². The van der Waals surface area contributed by atoms with E-state index in [1.165, 1.54) is 0 Å². The number of nitrogens with zero attached hydrogens (tertiary/aromatic N) is 1. The van der Waals surface area contributed by atoms with Crippen LogP contribution in [0.4, 0.5) is 0 Å². The van der Waals surface area contributed by atoms with Crippen LogP contribution >= 0.6 is 11.6 Å². The number of amides is 1. The third-order valence-electron chi connectivity index (χ3n) is 5.38. The average Bonchev–Trinajstić information content (AvgIpc) is 2.87. The van der Waals surface area contributed by atoms with E-state index in [9.17, 15) is 4.79 Å². The van der Waals surface area contributed by atoms with Gasteiger partial charge in [-0.25, -0.2) is 5.43 Å². The monoisotopic (exact) mass is 472 g/mol. The summed E-state index contributed by atoms with van der Waals surface area (Å²) in [5.74, 6) is 1.50. The fourth-order valence-corrected chi connectivity index (χ4v) is 3.74. The molecule has 7 heteroatoms. The SMILES string of the molecule is O=C(N/N=C/c1ccc(OCc2ccccc2Cl)cc1)[C@@H]1COc2cc3ccccc3cc2O1. The maximum atomic E-state index is 12.5. The number of rotatable bonds is 6. The number of nitrogens with one attached hydrogen (secondary N) is 1. The summed E-state index contributed by atoms with van der Waals surface area (Å²) in [5, 5.41) is 6.78. The van der Waals surface area contributed by atoms with Gasteiger partial charge in [0.2, 0.25) is 6.10 Å². The zero-order valence-electron chi connectivity index (χ0n) is 18.1. The molecular formula is C27H21ClN2O4. The summed E-state index contributed by atoms with van der Waals surface area (Å²) in [5.41, 5.74) is 4.24. The number of hydrogen-bond donors (Lipinski definition) is 1. The van der Waals surface area contributed by atoms with E-state index in [0.717, 1.165) is 21.9 Å². The number of halogens is 1. The minimum Gasteiger partial charge on any atom is -0.489 e. The Kier molecular flexibility index (Phi) is 6.31. The summed E-state index contributed by atoms with van der Waals surface area (Å²) < 4.78 is 17.4. The molecule has 0 aromatic heterocycles. The lowest BCUT2D eigenvalue weighted by molar-refractivity contribution is -0.130. The van der Waals surface area contributed by atoms with Crippen LogP contribution in [0.25, 0.3) is 10.8 Å². The third kappa shape index (κ3) is 4.97. The third-order valence-corrected chi connectivity index (χ3v) is 5.75. The second-order valence-electron chi connectivity index (χ2n) is 7.75. The molecule has 1 atom stereocenters. The molecule has 0 aliphatic carbocycles. The highest BCUT2D eigenvalue weighted by Crippen LogP contribution is 2.35. The predicted octanol–water partition coefficient (Wildman–Crippen LogP) is 5.36. The van der Waals surface area contributed by atoms with Crippen LogP contribution in [0.2, 0.25) is 5.02 Å². The Bertz CT molecular complexity index is 1350. The van der Waals surface area contributed by atoms with E-state index in [0.29, 0.717) is 28.9 Å². The fraction of sp³-hybridized carbons (Fsp3) is 0.111. The number of fused-ring (bicyclic) bond motifs is 2. The number of hydrazone groups is 1. The number of carbonyl (C=O) groups is 1. The number of ether oxygens (including phenoxy) is 3. The lowest BCUT2D eigenvalue weighted by Crippen LogP contribution is -2.42. The minimum atomic E-state index is -0.786. The van der Waals surface area contributed by atoms with Gasteiger partial charge in [-0.05, 0) is 58.8 Å². The van der Waals surface area contributed by atoms with Crippen molar-refractivity contribution in [3.63, 3.8) is 0 Å². The molecule has 0 fully saturated rings. The van der Waals surface area contributed by atoms with Crippen LogP contribution in [0.1, 0.15) is 11.1 Å². The molecule has 34 heavy (non-hydrogen) atoms. The molecule has 0 unspecified atom stereocenters. The molecule has 1 aliphatic heterocycles. The van der Waals surface area contributed by atoms with E-state index in [4.69, 9.17) is 25.8 Å². The predicted molar refractivity (Wildman–Crippen MR) is 132 cm³/mol. The molecular weight excluding hydrogens is 452 g/mol. The number of benzene rings is 4. The summed E-state index contributed by atoms with van der Waals surface area (Å²) in [4.78, 5) is 12.5. The molecule has 0 radical (unpaired) electrons. The largest absolute Gasteiger partial charge is 0.489 e. The van der Waals surface area contributed by atoms with Crippen LogP contribution in [-0.4, -0.2) is 24.8 Å². The summed E-state index contributed by atoms with van der Waals surface area (Å²) in [6.07, 6.45) is 0.771. The zero-order chi connectivity index (χ0) is 23.3. The standard InChI is InChI=1S/C27H21ClN2O4/c28-23-8-4-3-7-21(23)16-32-22-11-9-18(10-12-22)15-29-30-27(31)26-17-33-24-13-19-5-1-2-6-20(19)14-25(24)34-26/h1-15,26H,16-17H2,(H,30,31)/b29-15+/t26-/m0/s1. The molecule has 4 aromatic rings. The summed E-state index contributed by atoms with van der Waals surface area (Å²) >= 11 is 6.15. The smallest absolute Gasteiger partial charge is 0.284 e. The molecule has 0 spiro atoms. The van der Waals surface area contributed by atoms with E-state index in [1.807, 2.05) is 84.9 Å². The zero-order valence-corrected chi connectivity index (χ0v) is 18.9. The fourth-order valence-electron chi connectivity index (χ4n) is 3.55. The first-order chi connectivity index (χ1) is 16.7. The molecule has 0 saturated carbocycles. The Balaban J connectivity index is 1.15. The highest BCUT2D eigenvalue weighted by Gasteiger charge is 2.27. The quantitative estimate of drug-likeness (QED) is 0.303. The second kappa shape index (κ2) is 9.85. The van der Waals surface area contributed by atoms with Crippen LogP contribution in [0, 0.1) is 0 Å². The van der Waals surface area contributed by atoms with Crippen molar-refractivity contribution < 1.29 is 19.0 Å².